The second-order valence-corrected chi connectivity index (χ2v) is 28.2. The van der Waals surface area contributed by atoms with Crippen molar-refractivity contribution in [2.75, 3.05) is 13.2 Å². The Morgan fingerprint density at radius 1 is 0.375 bits per heavy atom. The van der Waals surface area contributed by atoms with Gasteiger partial charge in [-0.05, 0) is 38.5 Å². The van der Waals surface area contributed by atoms with Crippen LogP contribution in [0.25, 0.3) is 0 Å². The highest BCUT2D eigenvalue weighted by Crippen LogP contribution is 2.24. The molecule has 0 aromatic rings. The quantitative estimate of drug-likeness (QED) is 0.0261. The number of amides is 1. The third kappa shape index (κ3) is 56.5. The normalized spacial score (nSPS) is 17.8. The highest BCUT2D eigenvalue weighted by Gasteiger charge is 2.44. The van der Waals surface area contributed by atoms with Gasteiger partial charge in [0.05, 0.1) is 25.4 Å². The van der Waals surface area contributed by atoms with Crippen molar-refractivity contribution in [1.82, 2.24) is 5.32 Å². The Morgan fingerprint density at radius 2 is 0.636 bits per heavy atom. The fourth-order valence-corrected chi connectivity index (χ4v) is 13.4. The van der Waals surface area contributed by atoms with E-state index in [9.17, 15) is 30.3 Å². The minimum Gasteiger partial charge on any atom is -0.394 e. The van der Waals surface area contributed by atoms with Crippen LogP contribution in [-0.2, 0) is 14.3 Å². The van der Waals surface area contributed by atoms with Crippen molar-refractivity contribution >= 4 is 5.91 Å². The third-order valence-electron chi connectivity index (χ3n) is 19.6. The SMILES string of the molecule is CCCCCCCCCC/C=C\CCCCCCCCCCCCCCCCCCCCCCCC(=O)NC(COC1OC(CO)C(O)C(O)C1O)C(O)CCCCCCCCCCCCCCCCCCCCCCCCCCCCCCCCCC. The average Bonchev–Trinajstić information content (AvgIpc) is 3.65. The van der Waals surface area contributed by atoms with Crippen LogP contribution >= 0.6 is 0 Å². The zero-order valence-corrected chi connectivity index (χ0v) is 59.0. The van der Waals surface area contributed by atoms with Gasteiger partial charge in [0.2, 0.25) is 5.91 Å². The molecular formula is C79H155NO8. The number of carbonyl (C=O) groups excluding carboxylic acids is 1. The van der Waals surface area contributed by atoms with Gasteiger partial charge in [-0.2, -0.15) is 0 Å². The van der Waals surface area contributed by atoms with E-state index < -0.39 is 49.5 Å². The number of aliphatic hydroxyl groups is 5. The molecule has 0 aliphatic carbocycles. The smallest absolute Gasteiger partial charge is 0.220 e. The molecule has 7 atom stereocenters. The number of nitrogens with one attached hydrogen (secondary N) is 1. The third-order valence-corrected chi connectivity index (χ3v) is 19.6. The van der Waals surface area contributed by atoms with Gasteiger partial charge in [0.15, 0.2) is 6.29 Å². The molecule has 9 heteroatoms. The fourth-order valence-electron chi connectivity index (χ4n) is 13.4. The summed E-state index contributed by atoms with van der Waals surface area (Å²) in [4.78, 5) is 13.2. The molecule has 0 bridgehead atoms. The van der Waals surface area contributed by atoms with Crippen molar-refractivity contribution in [1.29, 1.82) is 0 Å². The molecule has 7 unspecified atom stereocenters. The molecule has 1 amide bonds. The molecular weight excluding hydrogens is 1090 g/mol. The molecule has 1 saturated heterocycles. The van der Waals surface area contributed by atoms with Crippen molar-refractivity contribution in [3.63, 3.8) is 0 Å². The van der Waals surface area contributed by atoms with E-state index in [1.807, 2.05) is 0 Å². The molecule has 6 N–H and O–H groups in total. The first kappa shape index (κ1) is 84.9. The lowest BCUT2D eigenvalue weighted by atomic mass is 9.99. The van der Waals surface area contributed by atoms with Gasteiger partial charge in [-0.1, -0.05) is 398 Å². The maximum absolute atomic E-state index is 13.2. The monoisotopic (exact) mass is 1250 g/mol. The first-order valence-corrected chi connectivity index (χ1v) is 39.9. The molecule has 1 rings (SSSR count). The molecule has 0 radical (unpaired) electrons. The number of carbonyl (C=O) groups is 1. The Balaban J connectivity index is 2.04. The summed E-state index contributed by atoms with van der Waals surface area (Å²) in [5, 5.41) is 55.1. The number of allylic oxidation sites excluding steroid dienone is 2. The summed E-state index contributed by atoms with van der Waals surface area (Å²) in [5.41, 5.74) is 0. The zero-order chi connectivity index (χ0) is 63.5. The molecule has 524 valence electrons. The standard InChI is InChI=1S/C79H155NO8/c1-3-5-7-9-11-13-15-17-19-21-23-25-27-29-31-33-35-37-39-41-43-45-47-49-51-53-55-57-59-61-63-65-67-69-75(83)80-72(71-87-79-78(86)77(85)76(84)74(70-81)88-79)73(82)68-66-64-62-60-58-56-54-52-50-48-46-44-42-40-38-36-34-32-30-28-26-24-22-20-18-16-14-12-10-8-6-4-2/h21,23,72-74,76-79,81-82,84-86H,3-20,22,24-71H2,1-2H3,(H,80,83)/b23-21-. The lowest BCUT2D eigenvalue weighted by Crippen LogP contribution is -2.60. The van der Waals surface area contributed by atoms with Crippen molar-refractivity contribution < 1.29 is 39.8 Å². The zero-order valence-electron chi connectivity index (χ0n) is 59.0. The van der Waals surface area contributed by atoms with Crippen LogP contribution in [0.15, 0.2) is 12.2 Å². The average molecular weight is 1250 g/mol. The Morgan fingerprint density at radius 3 is 0.920 bits per heavy atom. The fraction of sp³-hybridized carbons (Fsp3) is 0.962. The van der Waals surface area contributed by atoms with Gasteiger partial charge >= 0.3 is 0 Å². The van der Waals surface area contributed by atoms with Crippen molar-refractivity contribution in [3.05, 3.63) is 12.2 Å². The summed E-state index contributed by atoms with van der Waals surface area (Å²) in [6, 6.07) is -0.718. The maximum Gasteiger partial charge on any atom is 0.220 e. The summed E-state index contributed by atoms with van der Waals surface area (Å²) >= 11 is 0. The van der Waals surface area contributed by atoms with E-state index >= 15 is 0 Å². The molecule has 0 aromatic heterocycles. The van der Waals surface area contributed by atoms with Gasteiger partial charge in [-0.25, -0.2) is 0 Å². The number of hydrogen-bond acceptors (Lipinski definition) is 8. The highest BCUT2D eigenvalue weighted by atomic mass is 16.7. The second-order valence-electron chi connectivity index (χ2n) is 28.2. The van der Waals surface area contributed by atoms with Crippen LogP contribution in [0.2, 0.25) is 0 Å². The van der Waals surface area contributed by atoms with Crippen LogP contribution in [0.4, 0.5) is 0 Å². The first-order chi connectivity index (χ1) is 43.3. The van der Waals surface area contributed by atoms with Crippen molar-refractivity contribution in [2.45, 2.75) is 474 Å². The Hall–Kier alpha value is -1.07. The van der Waals surface area contributed by atoms with Crippen LogP contribution in [-0.4, -0.2) is 87.5 Å². The largest absolute Gasteiger partial charge is 0.394 e. The summed E-state index contributed by atoms with van der Waals surface area (Å²) in [7, 11) is 0. The Labute approximate surface area is 547 Å². The Kier molecular flexibility index (Phi) is 66.4. The topological polar surface area (TPSA) is 149 Å². The van der Waals surface area contributed by atoms with E-state index in [0.717, 1.165) is 38.5 Å². The molecule has 1 aliphatic rings. The van der Waals surface area contributed by atoms with Crippen LogP contribution in [0, 0.1) is 0 Å². The predicted octanol–water partition coefficient (Wildman–Crippen LogP) is 22.6. The van der Waals surface area contributed by atoms with Gasteiger partial charge in [-0.3, -0.25) is 4.79 Å². The van der Waals surface area contributed by atoms with E-state index in [0.29, 0.717) is 12.8 Å². The van der Waals surface area contributed by atoms with E-state index in [4.69, 9.17) is 9.47 Å². The first-order valence-electron chi connectivity index (χ1n) is 39.9. The van der Waals surface area contributed by atoms with Gasteiger partial charge < -0.3 is 40.3 Å². The molecule has 0 spiro atoms. The number of aliphatic hydroxyl groups excluding tert-OH is 5. The van der Waals surface area contributed by atoms with E-state index in [1.165, 1.54) is 366 Å². The molecule has 1 heterocycles. The molecule has 0 aromatic carbocycles. The van der Waals surface area contributed by atoms with Gasteiger partial charge in [0.1, 0.15) is 24.4 Å². The van der Waals surface area contributed by atoms with Crippen molar-refractivity contribution in [2.24, 2.45) is 0 Å². The van der Waals surface area contributed by atoms with Crippen LogP contribution in [0.5, 0.6) is 0 Å². The Bertz CT molecular complexity index is 1400. The molecule has 0 saturated carbocycles. The lowest BCUT2D eigenvalue weighted by molar-refractivity contribution is -0.302. The van der Waals surface area contributed by atoms with E-state index in [-0.39, 0.29) is 12.5 Å². The summed E-state index contributed by atoms with van der Waals surface area (Å²) in [5.74, 6) is -0.133. The molecule has 88 heavy (non-hydrogen) atoms. The van der Waals surface area contributed by atoms with Gasteiger partial charge in [0, 0.05) is 6.42 Å². The van der Waals surface area contributed by atoms with Crippen LogP contribution in [0.1, 0.15) is 431 Å². The van der Waals surface area contributed by atoms with E-state index in [2.05, 4.69) is 31.3 Å². The second kappa shape index (κ2) is 68.8. The van der Waals surface area contributed by atoms with Crippen LogP contribution in [0.3, 0.4) is 0 Å². The summed E-state index contributed by atoms with van der Waals surface area (Å²) in [6.07, 6.45) is 83.3. The molecule has 9 nitrogen and oxygen atoms in total. The van der Waals surface area contributed by atoms with Crippen molar-refractivity contribution in [3.8, 4) is 0 Å². The predicted molar refractivity (Wildman–Crippen MR) is 378 cm³/mol. The highest BCUT2D eigenvalue weighted by molar-refractivity contribution is 5.76. The summed E-state index contributed by atoms with van der Waals surface area (Å²) < 4.78 is 11.4. The number of ether oxygens (including phenoxy) is 2. The number of rotatable bonds is 72. The number of unbranched alkanes of at least 4 members (excludes halogenated alkanes) is 60. The molecule has 1 aliphatic heterocycles. The van der Waals surface area contributed by atoms with Gasteiger partial charge in [0.25, 0.3) is 0 Å². The molecule has 1 fully saturated rings. The minimum atomic E-state index is -1.55. The number of hydrogen-bond donors (Lipinski definition) is 6. The summed E-state index contributed by atoms with van der Waals surface area (Å²) in [6.45, 7) is 3.91. The maximum atomic E-state index is 13.2. The van der Waals surface area contributed by atoms with E-state index in [1.54, 1.807) is 0 Å². The lowest BCUT2D eigenvalue weighted by Gasteiger charge is -2.40. The minimum absolute atomic E-state index is 0.131. The van der Waals surface area contributed by atoms with Gasteiger partial charge in [-0.15, -0.1) is 0 Å². The van der Waals surface area contributed by atoms with Crippen LogP contribution < -0.4 is 5.32 Å².